The van der Waals surface area contributed by atoms with Crippen LogP contribution in [0.2, 0.25) is 0 Å². The number of carbonyl (C=O) groups excluding carboxylic acids is 2. The molecule has 2 saturated heterocycles. The zero-order valence-electron chi connectivity index (χ0n) is 37.5. The number of amides is 2. The highest BCUT2D eigenvalue weighted by Gasteiger charge is 2.34. The summed E-state index contributed by atoms with van der Waals surface area (Å²) in [4.78, 5) is 65.0. The van der Waals surface area contributed by atoms with Gasteiger partial charge in [-0.25, -0.2) is 9.36 Å². The summed E-state index contributed by atoms with van der Waals surface area (Å²) in [6.07, 6.45) is 10.9. The molecule has 0 aromatic carbocycles. The summed E-state index contributed by atoms with van der Waals surface area (Å²) in [7, 11) is 0. The molecule has 0 saturated carbocycles. The molecule has 3 atom stereocenters. The Kier molecular flexibility index (Phi) is 21.3. The van der Waals surface area contributed by atoms with E-state index in [4.69, 9.17) is 52.2 Å². The van der Waals surface area contributed by atoms with Crippen molar-refractivity contribution in [2.24, 2.45) is 22.4 Å². The van der Waals surface area contributed by atoms with Crippen molar-refractivity contribution in [2.45, 2.75) is 65.0 Å². The maximum absolute atomic E-state index is 14.1. The number of hydrogen-bond donors (Lipinski definition) is 4. The van der Waals surface area contributed by atoms with E-state index < -0.39 is 18.1 Å². The van der Waals surface area contributed by atoms with Gasteiger partial charge in [-0.3, -0.25) is 19.4 Å². The first-order valence-corrected chi connectivity index (χ1v) is 21.8. The van der Waals surface area contributed by atoms with Gasteiger partial charge in [0.2, 0.25) is 29.7 Å². The third-order valence-electron chi connectivity index (χ3n) is 10.9. The number of nitrogens with zero attached hydrogens (tertiary/aromatic N) is 14. The second-order valence-electron chi connectivity index (χ2n) is 15.5. The van der Waals surface area contributed by atoms with Crippen LogP contribution in [0.3, 0.4) is 0 Å². The molecule has 0 aliphatic carbocycles. The number of terminal acetylenes is 1. The van der Waals surface area contributed by atoms with Crippen molar-refractivity contribution in [2.75, 3.05) is 120 Å². The molecule has 2 amide bonds. The molecule has 0 unspecified atom stereocenters. The smallest absolute Gasteiger partial charge is 0.303 e. The van der Waals surface area contributed by atoms with Crippen LogP contribution in [0.5, 0.6) is 0 Å². The number of guanidine groups is 1. The third kappa shape index (κ3) is 15.9. The quantitative estimate of drug-likeness (QED) is 0.0346. The molecular formula is C40H64ClN17O7. The largest absolute Gasteiger partial charge is 0.481 e. The number of halogens is 1. The van der Waals surface area contributed by atoms with Crippen LogP contribution in [0.1, 0.15) is 63.5 Å². The molecule has 5 heterocycles. The SMILES string of the molecule is C#CCOCCOCCOCCNc1nc(N2CCN(C(=O)[C@H]([C@@H](C)CC)n3cc(CCC(=O)O)nn3)CC2)nc(N2CCN(C(=O)[C@H](C)n3cc(CCCN=C(N)N)nn3)CC2)n1.Cl. The average molecular weight is 931 g/mol. The van der Waals surface area contributed by atoms with Crippen molar-refractivity contribution >= 4 is 54.0 Å². The van der Waals surface area contributed by atoms with E-state index >= 15 is 0 Å². The molecule has 2 fully saturated rings. The Hall–Kier alpha value is -5.90. The number of carboxylic acid groups (broad SMARTS) is 1. The Morgan fingerprint density at radius 1 is 0.815 bits per heavy atom. The van der Waals surface area contributed by atoms with Gasteiger partial charge < -0.3 is 55.7 Å². The fourth-order valence-corrected chi connectivity index (χ4v) is 7.06. The standard InChI is InChI=1S/C40H63N17O7.ClH/c1-5-21-62-23-25-64-26-24-63-22-12-44-38-45-39(54-17-13-52(14-18-54)35(60)30(4)56-27-31(48-50-56)8-7-11-43-37(41)42)47-40(46-38)55-19-15-53(16-20-55)36(61)34(29(3)6-2)57-28-32(49-51-57)9-10-33(58)59;/h1,27-30,34H,6-26H2,2-4H3,(H,58,59)(H4,41,42,43)(H,44,45,46,47);1H/t29-,30-,34-;/m0./s1. The number of rotatable bonds is 26. The Balaban J connectivity index is 0.00000925. The number of piperazine rings is 2. The minimum atomic E-state index is -0.922. The summed E-state index contributed by atoms with van der Waals surface area (Å²) in [6, 6.07) is -1.13. The highest BCUT2D eigenvalue weighted by molar-refractivity contribution is 5.85. The molecule has 5 rings (SSSR count). The number of ether oxygens (including phenoxy) is 3. The summed E-state index contributed by atoms with van der Waals surface area (Å²) < 4.78 is 19.6. The molecule has 24 nitrogen and oxygen atoms in total. The zero-order chi connectivity index (χ0) is 45.8. The van der Waals surface area contributed by atoms with Crippen molar-refractivity contribution in [3.8, 4) is 12.3 Å². The number of aryl methyl sites for hydroxylation is 2. The van der Waals surface area contributed by atoms with E-state index in [-0.39, 0.29) is 55.5 Å². The van der Waals surface area contributed by atoms with Gasteiger partial charge in [0, 0.05) is 84.3 Å². The monoisotopic (exact) mass is 929 g/mol. The van der Waals surface area contributed by atoms with Crippen LogP contribution in [0.15, 0.2) is 17.4 Å². The average Bonchev–Trinajstić information content (AvgIpc) is 3.98. The number of nitrogens with one attached hydrogen (secondary N) is 1. The zero-order valence-corrected chi connectivity index (χ0v) is 38.4. The van der Waals surface area contributed by atoms with Gasteiger partial charge >= 0.3 is 5.97 Å². The van der Waals surface area contributed by atoms with Gasteiger partial charge in [-0.05, 0) is 25.7 Å². The first-order valence-electron chi connectivity index (χ1n) is 21.8. The van der Waals surface area contributed by atoms with Crippen molar-refractivity contribution in [1.82, 2.24) is 54.7 Å². The van der Waals surface area contributed by atoms with Crippen LogP contribution in [0, 0.1) is 18.3 Å². The van der Waals surface area contributed by atoms with Crippen molar-refractivity contribution in [3.05, 3.63) is 23.8 Å². The lowest BCUT2D eigenvalue weighted by molar-refractivity contribution is -0.138. The van der Waals surface area contributed by atoms with Crippen molar-refractivity contribution in [1.29, 1.82) is 0 Å². The van der Waals surface area contributed by atoms with E-state index in [0.29, 0.717) is 135 Å². The minimum absolute atomic E-state index is 0. The summed E-state index contributed by atoms with van der Waals surface area (Å²) >= 11 is 0. The molecular weight excluding hydrogens is 866 g/mol. The molecule has 65 heavy (non-hydrogen) atoms. The van der Waals surface area contributed by atoms with Crippen LogP contribution >= 0.6 is 12.4 Å². The van der Waals surface area contributed by atoms with Gasteiger partial charge in [-0.1, -0.05) is 36.6 Å². The lowest BCUT2D eigenvalue weighted by atomic mass is 9.97. The predicted molar refractivity (Wildman–Crippen MR) is 243 cm³/mol. The Bertz CT molecular complexity index is 2010. The van der Waals surface area contributed by atoms with Crippen LogP contribution < -0.4 is 26.6 Å². The lowest BCUT2D eigenvalue weighted by Crippen LogP contribution is -2.52. The van der Waals surface area contributed by atoms with Crippen LogP contribution in [0.25, 0.3) is 0 Å². The second kappa shape index (κ2) is 26.8. The molecule has 0 spiro atoms. The fourth-order valence-electron chi connectivity index (χ4n) is 7.06. The van der Waals surface area contributed by atoms with Crippen LogP contribution in [0.4, 0.5) is 17.8 Å². The van der Waals surface area contributed by atoms with Gasteiger partial charge in [0.05, 0.1) is 50.8 Å². The number of anilines is 3. The Labute approximate surface area is 385 Å². The second-order valence-corrected chi connectivity index (χ2v) is 15.5. The van der Waals surface area contributed by atoms with Crippen LogP contribution in [-0.4, -0.2) is 189 Å². The molecule has 6 N–H and O–H groups in total. The first kappa shape index (κ1) is 51.7. The number of aliphatic carboxylic acids is 1. The van der Waals surface area contributed by atoms with Gasteiger partial charge in [0.25, 0.3) is 0 Å². The lowest BCUT2D eigenvalue weighted by Gasteiger charge is -2.38. The maximum Gasteiger partial charge on any atom is 0.303 e. The number of carbonyl (C=O) groups is 3. The topological polar surface area (TPSA) is 289 Å². The van der Waals surface area contributed by atoms with E-state index in [2.05, 4.69) is 36.9 Å². The molecule has 358 valence electrons. The molecule has 3 aromatic rings. The van der Waals surface area contributed by atoms with Gasteiger partial charge in [-0.2, -0.15) is 15.0 Å². The van der Waals surface area contributed by atoms with E-state index in [9.17, 15) is 14.4 Å². The first-order chi connectivity index (χ1) is 31.0. The molecule has 0 bridgehead atoms. The third-order valence-corrected chi connectivity index (χ3v) is 10.9. The molecule has 0 radical (unpaired) electrons. The Morgan fingerprint density at radius 2 is 1.37 bits per heavy atom. The predicted octanol–water partition coefficient (Wildman–Crippen LogP) is -0.360. The van der Waals surface area contributed by atoms with Crippen molar-refractivity contribution < 1.29 is 33.7 Å². The number of aromatic nitrogens is 9. The normalized spacial score (nSPS) is 15.4. The number of carboxylic acids is 1. The van der Waals surface area contributed by atoms with E-state index in [1.54, 1.807) is 21.8 Å². The fraction of sp³-hybridized carbons (Fsp3) is 0.675. The van der Waals surface area contributed by atoms with E-state index in [1.165, 1.54) is 0 Å². The highest BCUT2D eigenvalue weighted by atomic mass is 35.5. The Morgan fingerprint density at radius 3 is 1.95 bits per heavy atom. The minimum Gasteiger partial charge on any atom is -0.481 e. The van der Waals surface area contributed by atoms with Gasteiger partial charge in [0.15, 0.2) is 5.96 Å². The number of nitrogens with two attached hydrogens (primary N) is 2. The molecule has 2 aliphatic heterocycles. The van der Waals surface area contributed by atoms with Gasteiger partial charge in [0.1, 0.15) is 18.7 Å². The maximum atomic E-state index is 14.1. The van der Waals surface area contributed by atoms with Crippen molar-refractivity contribution in [3.63, 3.8) is 0 Å². The highest BCUT2D eigenvalue weighted by Crippen LogP contribution is 2.26. The number of hydrogen-bond acceptors (Lipinski definition) is 17. The molecule has 2 aliphatic rings. The van der Waals surface area contributed by atoms with Gasteiger partial charge in [-0.15, -0.1) is 29.0 Å². The van der Waals surface area contributed by atoms with Crippen LogP contribution in [-0.2, 0) is 41.4 Å². The summed E-state index contributed by atoms with van der Waals surface area (Å²) in [6.45, 7) is 12.7. The van der Waals surface area contributed by atoms with E-state index in [0.717, 1.165) is 12.1 Å². The summed E-state index contributed by atoms with van der Waals surface area (Å²) in [5.41, 5.74) is 12.1. The summed E-state index contributed by atoms with van der Waals surface area (Å²) in [5.74, 6) is 2.66. The van der Waals surface area contributed by atoms with E-state index in [1.807, 2.05) is 40.4 Å². The summed E-state index contributed by atoms with van der Waals surface area (Å²) in [5, 5.41) is 29.2. The number of aliphatic imine (C=N–C) groups is 1. The molecule has 3 aromatic heterocycles. The molecule has 25 heteroatoms.